The summed E-state index contributed by atoms with van der Waals surface area (Å²) >= 11 is 0. The molecule has 2 aromatic carbocycles. The van der Waals surface area contributed by atoms with Crippen LogP contribution in [0.15, 0.2) is 65.6 Å². The lowest BCUT2D eigenvalue weighted by Crippen LogP contribution is -2.22. The van der Waals surface area contributed by atoms with Gasteiger partial charge in [0.1, 0.15) is 5.82 Å². The average molecular weight is 375 g/mol. The minimum atomic E-state index is -0.258. The summed E-state index contributed by atoms with van der Waals surface area (Å²) in [6, 6.07) is 15.2. The SMILES string of the molecule is Cn1ccc(C=Cc2nc3ccccc3c(=O)n2-c2cccc(N(O)O)c2)n1. The maximum atomic E-state index is 13.2. The van der Waals surface area contributed by atoms with E-state index in [1.54, 1.807) is 47.2 Å². The molecule has 2 aromatic heterocycles. The molecular weight excluding hydrogens is 358 g/mol. The van der Waals surface area contributed by atoms with Crippen molar-refractivity contribution in [2.75, 3.05) is 5.23 Å². The van der Waals surface area contributed by atoms with Crippen molar-refractivity contribution < 1.29 is 10.4 Å². The third-order valence-corrected chi connectivity index (χ3v) is 4.26. The maximum Gasteiger partial charge on any atom is 0.266 e. The number of hydrogen-bond donors (Lipinski definition) is 2. The quantitative estimate of drug-likeness (QED) is 0.533. The van der Waals surface area contributed by atoms with Crippen LogP contribution in [0.5, 0.6) is 0 Å². The largest absolute Gasteiger partial charge is 0.275 e. The number of anilines is 1. The van der Waals surface area contributed by atoms with Crippen LogP contribution in [0.1, 0.15) is 11.5 Å². The Bertz CT molecular complexity index is 1240. The number of nitrogens with zero attached hydrogens (tertiary/aromatic N) is 5. The lowest BCUT2D eigenvalue weighted by molar-refractivity contribution is 0.0291. The van der Waals surface area contributed by atoms with Gasteiger partial charge in [0.05, 0.1) is 28.0 Å². The van der Waals surface area contributed by atoms with Crippen molar-refractivity contribution in [3.63, 3.8) is 0 Å². The Morgan fingerprint density at radius 2 is 1.86 bits per heavy atom. The fraction of sp³-hybridized carbons (Fsp3) is 0.0500. The van der Waals surface area contributed by atoms with Crippen LogP contribution < -0.4 is 10.8 Å². The first kappa shape index (κ1) is 17.7. The Morgan fingerprint density at radius 3 is 2.61 bits per heavy atom. The van der Waals surface area contributed by atoms with Crippen LogP contribution >= 0.6 is 0 Å². The van der Waals surface area contributed by atoms with Gasteiger partial charge >= 0.3 is 0 Å². The van der Waals surface area contributed by atoms with E-state index in [1.807, 2.05) is 25.4 Å². The van der Waals surface area contributed by atoms with Gasteiger partial charge in [0.2, 0.25) is 0 Å². The van der Waals surface area contributed by atoms with E-state index >= 15 is 0 Å². The molecule has 0 aliphatic rings. The van der Waals surface area contributed by atoms with Gasteiger partial charge < -0.3 is 0 Å². The highest BCUT2D eigenvalue weighted by Gasteiger charge is 2.12. The smallest absolute Gasteiger partial charge is 0.266 e. The Balaban J connectivity index is 1.95. The first-order valence-corrected chi connectivity index (χ1v) is 8.51. The van der Waals surface area contributed by atoms with Crippen molar-refractivity contribution >= 4 is 28.7 Å². The van der Waals surface area contributed by atoms with Gasteiger partial charge in [0, 0.05) is 13.2 Å². The molecule has 8 heteroatoms. The van der Waals surface area contributed by atoms with E-state index in [2.05, 4.69) is 10.1 Å². The molecule has 0 aliphatic heterocycles. The summed E-state index contributed by atoms with van der Waals surface area (Å²) in [4.78, 5) is 17.8. The lowest BCUT2D eigenvalue weighted by atomic mass is 10.2. The zero-order valence-corrected chi connectivity index (χ0v) is 15.0. The summed E-state index contributed by atoms with van der Waals surface area (Å²) in [5.74, 6) is 0.397. The van der Waals surface area contributed by atoms with E-state index < -0.39 is 0 Å². The van der Waals surface area contributed by atoms with Gasteiger partial charge in [0.25, 0.3) is 5.56 Å². The molecule has 0 bridgehead atoms. The van der Waals surface area contributed by atoms with E-state index in [0.29, 0.717) is 22.4 Å². The predicted molar refractivity (Wildman–Crippen MR) is 106 cm³/mol. The van der Waals surface area contributed by atoms with Crippen LogP contribution in [0.2, 0.25) is 0 Å². The summed E-state index contributed by atoms with van der Waals surface area (Å²) in [7, 11) is 1.82. The van der Waals surface area contributed by atoms with Crippen LogP contribution in [0, 0.1) is 0 Å². The molecule has 4 aromatic rings. The molecule has 8 nitrogen and oxygen atoms in total. The molecule has 0 aliphatic carbocycles. The number of aromatic nitrogens is 4. The zero-order chi connectivity index (χ0) is 19.7. The average Bonchev–Trinajstić information content (AvgIpc) is 3.12. The second kappa shape index (κ2) is 7.10. The summed E-state index contributed by atoms with van der Waals surface area (Å²) in [5.41, 5.74) is 1.62. The summed E-state index contributed by atoms with van der Waals surface area (Å²) in [6.07, 6.45) is 5.29. The van der Waals surface area contributed by atoms with Gasteiger partial charge in [-0.05, 0) is 48.6 Å². The highest BCUT2D eigenvalue weighted by molar-refractivity contribution is 5.80. The zero-order valence-electron chi connectivity index (χ0n) is 15.0. The topological polar surface area (TPSA) is 96.4 Å². The molecule has 0 radical (unpaired) electrons. The van der Waals surface area contributed by atoms with Crippen LogP contribution in [-0.2, 0) is 7.05 Å². The van der Waals surface area contributed by atoms with Gasteiger partial charge in [-0.2, -0.15) is 5.10 Å². The molecule has 140 valence electrons. The molecular formula is C20H17N5O3. The molecule has 28 heavy (non-hydrogen) atoms. The number of aryl methyl sites for hydroxylation is 1. The lowest BCUT2D eigenvalue weighted by Gasteiger charge is -2.14. The molecule has 0 atom stereocenters. The first-order chi connectivity index (χ1) is 13.5. The molecule has 0 saturated heterocycles. The standard InChI is InChI=1S/C20H17N5O3/c1-23-12-11-14(22-23)9-10-19-21-18-8-3-2-7-17(18)20(26)24(19)15-5-4-6-16(13-15)25(27)28/h2-13,27-28H,1H3. The number of fused-ring (bicyclic) bond motifs is 1. The summed E-state index contributed by atoms with van der Waals surface area (Å²) in [6.45, 7) is 0. The number of hydrogen-bond acceptors (Lipinski definition) is 6. The molecule has 0 spiro atoms. The van der Waals surface area contributed by atoms with Gasteiger partial charge in [-0.3, -0.25) is 24.5 Å². The van der Waals surface area contributed by atoms with Crippen molar-refractivity contribution in [1.82, 2.24) is 19.3 Å². The number of rotatable bonds is 4. The maximum absolute atomic E-state index is 13.2. The van der Waals surface area contributed by atoms with E-state index in [-0.39, 0.29) is 16.5 Å². The fourth-order valence-electron chi connectivity index (χ4n) is 2.95. The van der Waals surface area contributed by atoms with E-state index in [9.17, 15) is 15.2 Å². The first-order valence-electron chi connectivity index (χ1n) is 8.51. The van der Waals surface area contributed by atoms with Crippen molar-refractivity contribution in [2.45, 2.75) is 0 Å². The van der Waals surface area contributed by atoms with Crippen molar-refractivity contribution in [1.29, 1.82) is 0 Å². The third-order valence-electron chi connectivity index (χ3n) is 4.26. The van der Waals surface area contributed by atoms with Gasteiger partial charge in [-0.15, -0.1) is 5.23 Å². The normalized spacial score (nSPS) is 11.4. The van der Waals surface area contributed by atoms with Crippen molar-refractivity contribution in [3.8, 4) is 5.69 Å². The second-order valence-corrected chi connectivity index (χ2v) is 6.18. The monoisotopic (exact) mass is 375 g/mol. The molecule has 0 saturated carbocycles. The van der Waals surface area contributed by atoms with Gasteiger partial charge in [0.15, 0.2) is 0 Å². The van der Waals surface area contributed by atoms with Gasteiger partial charge in [-0.25, -0.2) is 4.98 Å². The molecule has 0 unspecified atom stereocenters. The van der Waals surface area contributed by atoms with E-state index in [0.717, 1.165) is 5.69 Å². The van der Waals surface area contributed by atoms with Gasteiger partial charge in [-0.1, -0.05) is 18.2 Å². The van der Waals surface area contributed by atoms with E-state index in [1.165, 1.54) is 16.7 Å². The molecule has 0 fully saturated rings. The summed E-state index contributed by atoms with van der Waals surface area (Å²) in [5, 5.41) is 23.4. The predicted octanol–water partition coefficient (Wildman–Crippen LogP) is 2.87. The second-order valence-electron chi connectivity index (χ2n) is 6.18. The third kappa shape index (κ3) is 3.29. The minimum absolute atomic E-state index is 0.00636. The number of benzene rings is 2. The highest BCUT2D eigenvalue weighted by Crippen LogP contribution is 2.19. The molecule has 2 heterocycles. The van der Waals surface area contributed by atoms with Crippen LogP contribution in [-0.4, -0.2) is 29.7 Å². The van der Waals surface area contributed by atoms with Crippen molar-refractivity contribution in [2.24, 2.45) is 7.05 Å². The highest BCUT2D eigenvalue weighted by atomic mass is 16.8. The Hall–Kier alpha value is -3.75. The Labute approximate surface area is 159 Å². The molecule has 4 rings (SSSR count). The Morgan fingerprint density at radius 1 is 1.04 bits per heavy atom. The summed E-state index contributed by atoms with van der Waals surface area (Å²) < 4.78 is 3.11. The molecule has 2 N–H and O–H groups in total. The molecule has 0 amide bonds. The minimum Gasteiger partial charge on any atom is -0.275 e. The number of para-hydroxylation sites is 1. The van der Waals surface area contributed by atoms with Crippen LogP contribution in [0.4, 0.5) is 5.69 Å². The fourth-order valence-corrected chi connectivity index (χ4v) is 2.95. The van der Waals surface area contributed by atoms with Crippen LogP contribution in [0.3, 0.4) is 0 Å². The Kier molecular flexibility index (Phi) is 4.48. The van der Waals surface area contributed by atoms with Crippen LogP contribution in [0.25, 0.3) is 28.7 Å². The van der Waals surface area contributed by atoms with E-state index in [4.69, 9.17) is 0 Å². The van der Waals surface area contributed by atoms with Crippen molar-refractivity contribution in [3.05, 3.63) is 82.7 Å².